The molecule has 1 aromatic carbocycles. The summed E-state index contributed by atoms with van der Waals surface area (Å²) in [6, 6.07) is 3.77. The van der Waals surface area contributed by atoms with Gasteiger partial charge in [-0.25, -0.2) is 0 Å². The van der Waals surface area contributed by atoms with Crippen molar-refractivity contribution in [3.63, 3.8) is 0 Å². The second-order valence-corrected chi connectivity index (χ2v) is 4.65. The van der Waals surface area contributed by atoms with Crippen molar-refractivity contribution in [1.82, 2.24) is 0 Å². The van der Waals surface area contributed by atoms with Gasteiger partial charge in [-0.05, 0) is 36.5 Å². The lowest BCUT2D eigenvalue weighted by atomic mass is 10.1. The molecule has 0 amide bonds. The summed E-state index contributed by atoms with van der Waals surface area (Å²) in [5, 5.41) is 8.65. The second-order valence-electron chi connectivity index (χ2n) is 4.65. The molecule has 0 unspecified atom stereocenters. The summed E-state index contributed by atoms with van der Waals surface area (Å²) in [5.41, 5.74) is 0.218. The van der Waals surface area contributed by atoms with E-state index in [4.69, 9.17) is 9.84 Å². The molecule has 0 radical (unpaired) electrons. The second kappa shape index (κ2) is 5.60. The van der Waals surface area contributed by atoms with Crippen LogP contribution in [0, 0.1) is 5.92 Å². The third-order valence-electron chi connectivity index (χ3n) is 2.76. The first-order chi connectivity index (χ1) is 9.33. The highest BCUT2D eigenvalue weighted by Crippen LogP contribution is 2.36. The average molecular weight is 290 g/mol. The lowest BCUT2D eigenvalue weighted by Crippen LogP contribution is -2.18. The van der Waals surface area contributed by atoms with Gasteiger partial charge in [-0.15, -0.1) is 13.2 Å². The molecular weight excluding hydrogens is 277 g/mol. The first-order valence-corrected chi connectivity index (χ1v) is 6.07. The number of aliphatic carboxylic acids is 1. The molecule has 110 valence electrons. The van der Waals surface area contributed by atoms with Crippen LogP contribution in [0.5, 0.6) is 11.5 Å². The molecular formula is C13H13F3O4. The SMILES string of the molecule is O=C(O)Cc1ccc(OCC2CC2)c(OC(F)(F)F)c1. The molecule has 0 saturated heterocycles. The van der Waals surface area contributed by atoms with Crippen LogP contribution in [0.1, 0.15) is 18.4 Å². The average Bonchev–Trinajstić information content (AvgIpc) is 3.08. The van der Waals surface area contributed by atoms with Crippen molar-refractivity contribution in [1.29, 1.82) is 0 Å². The van der Waals surface area contributed by atoms with Crippen LogP contribution in [0.2, 0.25) is 0 Å². The van der Waals surface area contributed by atoms with E-state index in [1.165, 1.54) is 12.1 Å². The minimum atomic E-state index is -4.85. The zero-order valence-electron chi connectivity index (χ0n) is 10.4. The van der Waals surface area contributed by atoms with Crippen LogP contribution in [0.4, 0.5) is 13.2 Å². The number of carboxylic acid groups (broad SMARTS) is 1. The van der Waals surface area contributed by atoms with Gasteiger partial charge in [-0.2, -0.15) is 0 Å². The fourth-order valence-electron chi connectivity index (χ4n) is 1.65. The molecule has 0 bridgehead atoms. The number of ether oxygens (including phenoxy) is 2. The Morgan fingerprint density at radius 2 is 2.00 bits per heavy atom. The van der Waals surface area contributed by atoms with Crippen molar-refractivity contribution in [2.45, 2.75) is 25.6 Å². The van der Waals surface area contributed by atoms with E-state index in [1.807, 2.05) is 0 Å². The van der Waals surface area contributed by atoms with Crippen LogP contribution in [0.3, 0.4) is 0 Å². The molecule has 2 rings (SSSR count). The van der Waals surface area contributed by atoms with E-state index in [0.717, 1.165) is 18.9 Å². The zero-order chi connectivity index (χ0) is 14.8. The van der Waals surface area contributed by atoms with Crippen molar-refractivity contribution >= 4 is 5.97 Å². The Morgan fingerprint density at radius 3 is 2.55 bits per heavy atom. The normalized spacial score (nSPS) is 14.9. The van der Waals surface area contributed by atoms with Crippen molar-refractivity contribution < 1.29 is 32.5 Å². The molecule has 0 spiro atoms. The molecule has 0 heterocycles. The predicted molar refractivity (Wildman–Crippen MR) is 62.7 cm³/mol. The van der Waals surface area contributed by atoms with Crippen LogP contribution >= 0.6 is 0 Å². The monoisotopic (exact) mass is 290 g/mol. The molecule has 7 heteroatoms. The van der Waals surface area contributed by atoms with Crippen molar-refractivity contribution in [3.8, 4) is 11.5 Å². The third kappa shape index (κ3) is 4.64. The van der Waals surface area contributed by atoms with Crippen LogP contribution in [0.15, 0.2) is 18.2 Å². The Bertz CT molecular complexity index is 495. The van der Waals surface area contributed by atoms with E-state index in [0.29, 0.717) is 12.5 Å². The Labute approximate surface area is 113 Å². The number of rotatable bonds is 6. The largest absolute Gasteiger partial charge is 0.573 e. The number of alkyl halides is 3. The van der Waals surface area contributed by atoms with Gasteiger partial charge in [-0.3, -0.25) is 4.79 Å². The maximum absolute atomic E-state index is 12.3. The van der Waals surface area contributed by atoms with Crippen molar-refractivity contribution in [2.75, 3.05) is 6.61 Å². The zero-order valence-corrected chi connectivity index (χ0v) is 10.4. The summed E-state index contributed by atoms with van der Waals surface area (Å²) < 4.78 is 46.2. The van der Waals surface area contributed by atoms with Crippen LogP contribution in [-0.4, -0.2) is 24.0 Å². The summed E-state index contributed by atoms with van der Waals surface area (Å²) in [7, 11) is 0. The van der Waals surface area contributed by atoms with E-state index >= 15 is 0 Å². The Hall–Kier alpha value is -1.92. The van der Waals surface area contributed by atoms with E-state index in [2.05, 4.69) is 4.74 Å². The van der Waals surface area contributed by atoms with Crippen LogP contribution in [0.25, 0.3) is 0 Å². The summed E-state index contributed by atoms with van der Waals surface area (Å²) in [6.07, 6.45) is -3.21. The van der Waals surface area contributed by atoms with Gasteiger partial charge in [-0.1, -0.05) is 6.07 Å². The lowest BCUT2D eigenvalue weighted by Gasteiger charge is -2.15. The van der Waals surface area contributed by atoms with Gasteiger partial charge >= 0.3 is 12.3 Å². The number of carboxylic acids is 1. The quantitative estimate of drug-likeness (QED) is 0.875. The number of hydrogen-bond donors (Lipinski definition) is 1. The fourth-order valence-corrected chi connectivity index (χ4v) is 1.65. The van der Waals surface area contributed by atoms with Gasteiger partial charge in [0, 0.05) is 0 Å². The Kier molecular flexibility index (Phi) is 4.06. The maximum Gasteiger partial charge on any atom is 0.573 e. The highest BCUT2D eigenvalue weighted by molar-refractivity contribution is 5.70. The Balaban J connectivity index is 2.16. The maximum atomic E-state index is 12.3. The highest BCUT2D eigenvalue weighted by Gasteiger charge is 2.33. The van der Waals surface area contributed by atoms with E-state index in [-0.39, 0.29) is 17.7 Å². The molecule has 0 aromatic heterocycles. The molecule has 4 nitrogen and oxygen atoms in total. The number of carbonyl (C=O) groups is 1. The summed E-state index contributed by atoms with van der Waals surface area (Å²) >= 11 is 0. The molecule has 20 heavy (non-hydrogen) atoms. The minimum absolute atomic E-state index is 0.0247. The van der Waals surface area contributed by atoms with Gasteiger partial charge in [0.1, 0.15) is 0 Å². The molecule has 1 saturated carbocycles. The van der Waals surface area contributed by atoms with E-state index < -0.39 is 18.1 Å². The van der Waals surface area contributed by atoms with Gasteiger partial charge < -0.3 is 14.6 Å². The topological polar surface area (TPSA) is 55.8 Å². The third-order valence-corrected chi connectivity index (χ3v) is 2.76. The lowest BCUT2D eigenvalue weighted by molar-refractivity contribution is -0.275. The number of hydrogen-bond acceptors (Lipinski definition) is 3. The smallest absolute Gasteiger partial charge is 0.489 e. The van der Waals surface area contributed by atoms with Crippen LogP contribution < -0.4 is 9.47 Å². The molecule has 0 aliphatic heterocycles. The molecule has 0 atom stereocenters. The van der Waals surface area contributed by atoms with E-state index in [1.54, 1.807) is 0 Å². The number of halogens is 3. The summed E-state index contributed by atoms with van der Waals surface area (Å²) in [6.45, 7) is 0.340. The minimum Gasteiger partial charge on any atom is -0.489 e. The van der Waals surface area contributed by atoms with Gasteiger partial charge in [0.05, 0.1) is 13.0 Å². The van der Waals surface area contributed by atoms with Crippen molar-refractivity contribution in [2.24, 2.45) is 5.92 Å². The first kappa shape index (κ1) is 14.5. The molecule has 1 aliphatic carbocycles. The van der Waals surface area contributed by atoms with Crippen molar-refractivity contribution in [3.05, 3.63) is 23.8 Å². The molecule has 1 fully saturated rings. The summed E-state index contributed by atoms with van der Waals surface area (Å²) in [5.74, 6) is -1.28. The summed E-state index contributed by atoms with van der Waals surface area (Å²) in [4.78, 5) is 10.6. The van der Waals surface area contributed by atoms with Gasteiger partial charge in [0.15, 0.2) is 11.5 Å². The molecule has 1 aromatic rings. The van der Waals surface area contributed by atoms with Crippen LogP contribution in [-0.2, 0) is 11.2 Å². The van der Waals surface area contributed by atoms with Gasteiger partial charge in [0.25, 0.3) is 0 Å². The molecule has 1 aliphatic rings. The highest BCUT2D eigenvalue weighted by atomic mass is 19.4. The number of benzene rings is 1. The Morgan fingerprint density at radius 1 is 1.30 bits per heavy atom. The van der Waals surface area contributed by atoms with Gasteiger partial charge in [0.2, 0.25) is 0 Å². The fraction of sp³-hybridized carbons (Fsp3) is 0.462. The predicted octanol–water partition coefficient (Wildman–Crippen LogP) is 3.00. The first-order valence-electron chi connectivity index (χ1n) is 6.07. The standard InChI is InChI=1S/C13H13F3O4/c14-13(15,16)20-11-5-9(6-12(17)18)3-4-10(11)19-7-8-1-2-8/h3-5,8H,1-2,6-7H2,(H,17,18). The molecule has 1 N–H and O–H groups in total. The van der Waals surface area contributed by atoms with E-state index in [9.17, 15) is 18.0 Å².